The maximum absolute atomic E-state index is 11.1. The van der Waals surface area contributed by atoms with Gasteiger partial charge in [0.25, 0.3) is 0 Å². The Balaban J connectivity index is 2.32. The number of rotatable bonds is 4. The first-order chi connectivity index (χ1) is 5.75. The molecule has 0 amide bonds. The van der Waals surface area contributed by atoms with E-state index in [1.54, 1.807) is 6.08 Å². The maximum Gasteiger partial charge on any atom is 0.161 e. The number of carbonyl (C=O) groups is 1. The Labute approximate surface area is 73.3 Å². The fraction of sp³-hybridized carbons (Fsp3) is 0.700. The van der Waals surface area contributed by atoms with Crippen molar-refractivity contribution in [1.29, 1.82) is 0 Å². The summed E-state index contributed by atoms with van der Waals surface area (Å²) in [6.45, 7) is 2.08. The minimum Gasteiger partial charge on any atom is -0.392 e. The van der Waals surface area contributed by atoms with Crippen LogP contribution in [0, 0.1) is 5.92 Å². The standard InChI is InChI=1S/C10H16O2/c1-2-3-6-9(11)8-5-4-7-10(8)12/h4,7-9,11H,2-3,5-6H2,1H3/t8-,9-/m1/s1. The third kappa shape index (κ3) is 2.18. The largest absolute Gasteiger partial charge is 0.392 e. The molecule has 68 valence electrons. The van der Waals surface area contributed by atoms with Gasteiger partial charge in [-0.15, -0.1) is 0 Å². The van der Waals surface area contributed by atoms with Gasteiger partial charge in [0.15, 0.2) is 5.78 Å². The van der Waals surface area contributed by atoms with E-state index in [-0.39, 0.29) is 11.7 Å². The number of hydrogen-bond acceptors (Lipinski definition) is 2. The van der Waals surface area contributed by atoms with Crippen molar-refractivity contribution in [3.05, 3.63) is 12.2 Å². The summed E-state index contributed by atoms with van der Waals surface area (Å²) in [6.07, 6.45) is 6.57. The Morgan fingerprint density at radius 3 is 3.00 bits per heavy atom. The van der Waals surface area contributed by atoms with Gasteiger partial charge in [-0.2, -0.15) is 0 Å². The molecule has 0 aromatic carbocycles. The van der Waals surface area contributed by atoms with Crippen molar-refractivity contribution >= 4 is 5.78 Å². The van der Waals surface area contributed by atoms with Crippen molar-refractivity contribution in [1.82, 2.24) is 0 Å². The topological polar surface area (TPSA) is 37.3 Å². The molecule has 0 fully saturated rings. The molecule has 0 aliphatic heterocycles. The Morgan fingerprint density at radius 1 is 1.75 bits per heavy atom. The van der Waals surface area contributed by atoms with Crippen molar-refractivity contribution in [2.75, 3.05) is 0 Å². The monoisotopic (exact) mass is 168 g/mol. The lowest BCUT2D eigenvalue weighted by molar-refractivity contribution is -0.120. The summed E-state index contributed by atoms with van der Waals surface area (Å²) in [7, 11) is 0. The van der Waals surface area contributed by atoms with Gasteiger partial charge >= 0.3 is 0 Å². The highest BCUT2D eigenvalue weighted by atomic mass is 16.3. The van der Waals surface area contributed by atoms with Gasteiger partial charge in [-0.3, -0.25) is 4.79 Å². The van der Waals surface area contributed by atoms with Crippen LogP contribution >= 0.6 is 0 Å². The molecule has 0 spiro atoms. The Morgan fingerprint density at radius 2 is 2.50 bits per heavy atom. The number of aliphatic hydroxyl groups excluding tert-OH is 1. The van der Waals surface area contributed by atoms with E-state index in [1.165, 1.54) is 0 Å². The fourth-order valence-corrected chi connectivity index (χ4v) is 1.53. The fourth-order valence-electron chi connectivity index (χ4n) is 1.53. The molecule has 1 aliphatic rings. The second kappa shape index (κ2) is 4.41. The Kier molecular flexibility index (Phi) is 3.48. The molecule has 1 N–H and O–H groups in total. The molecule has 2 nitrogen and oxygen atoms in total. The average molecular weight is 168 g/mol. The van der Waals surface area contributed by atoms with Crippen LogP contribution in [-0.4, -0.2) is 17.0 Å². The van der Waals surface area contributed by atoms with Crippen LogP contribution in [0.3, 0.4) is 0 Å². The molecule has 1 aliphatic carbocycles. The van der Waals surface area contributed by atoms with Crippen LogP contribution in [0.25, 0.3) is 0 Å². The van der Waals surface area contributed by atoms with Crippen LogP contribution in [-0.2, 0) is 4.79 Å². The highest BCUT2D eigenvalue weighted by Gasteiger charge is 2.26. The van der Waals surface area contributed by atoms with E-state index in [2.05, 4.69) is 6.92 Å². The number of aliphatic hydroxyl groups is 1. The lowest BCUT2D eigenvalue weighted by Crippen LogP contribution is -2.24. The van der Waals surface area contributed by atoms with Crippen LogP contribution < -0.4 is 0 Å². The van der Waals surface area contributed by atoms with E-state index < -0.39 is 6.10 Å². The number of hydrogen-bond donors (Lipinski definition) is 1. The summed E-state index contributed by atoms with van der Waals surface area (Å²) < 4.78 is 0. The van der Waals surface area contributed by atoms with Gasteiger partial charge in [0.2, 0.25) is 0 Å². The van der Waals surface area contributed by atoms with E-state index >= 15 is 0 Å². The quantitative estimate of drug-likeness (QED) is 0.693. The molecular weight excluding hydrogens is 152 g/mol. The zero-order valence-corrected chi connectivity index (χ0v) is 7.49. The molecule has 0 aromatic heterocycles. The predicted octanol–water partition coefficient (Wildman–Crippen LogP) is 1.68. The van der Waals surface area contributed by atoms with Gasteiger partial charge < -0.3 is 5.11 Å². The predicted molar refractivity (Wildman–Crippen MR) is 47.8 cm³/mol. The van der Waals surface area contributed by atoms with Crippen molar-refractivity contribution < 1.29 is 9.90 Å². The summed E-state index contributed by atoms with van der Waals surface area (Å²) in [5, 5.41) is 9.59. The summed E-state index contributed by atoms with van der Waals surface area (Å²) in [5.74, 6) is -0.0462. The summed E-state index contributed by atoms with van der Waals surface area (Å²) >= 11 is 0. The van der Waals surface area contributed by atoms with Gasteiger partial charge in [0, 0.05) is 0 Å². The van der Waals surface area contributed by atoms with Crippen molar-refractivity contribution in [3.63, 3.8) is 0 Å². The number of carbonyl (C=O) groups excluding carboxylic acids is 1. The highest BCUT2D eigenvalue weighted by Crippen LogP contribution is 2.21. The smallest absolute Gasteiger partial charge is 0.161 e. The van der Waals surface area contributed by atoms with Crippen LogP contribution in [0.2, 0.25) is 0 Å². The third-order valence-corrected chi connectivity index (χ3v) is 2.36. The minimum absolute atomic E-state index is 0.0959. The zero-order valence-electron chi connectivity index (χ0n) is 7.49. The van der Waals surface area contributed by atoms with Crippen molar-refractivity contribution in [2.45, 2.75) is 38.7 Å². The molecule has 2 atom stereocenters. The van der Waals surface area contributed by atoms with Crippen molar-refractivity contribution in [3.8, 4) is 0 Å². The number of unbranched alkanes of at least 4 members (excludes halogenated alkanes) is 1. The number of ketones is 1. The van der Waals surface area contributed by atoms with E-state index in [0.29, 0.717) is 0 Å². The first-order valence-electron chi connectivity index (χ1n) is 4.64. The van der Waals surface area contributed by atoms with Crippen molar-refractivity contribution in [2.24, 2.45) is 5.92 Å². The Hall–Kier alpha value is -0.630. The van der Waals surface area contributed by atoms with Gasteiger partial charge in [0.05, 0.1) is 12.0 Å². The first kappa shape index (κ1) is 9.46. The normalized spacial score (nSPS) is 24.8. The summed E-state index contributed by atoms with van der Waals surface area (Å²) in [6, 6.07) is 0. The van der Waals surface area contributed by atoms with Gasteiger partial charge in [0.1, 0.15) is 0 Å². The van der Waals surface area contributed by atoms with Gasteiger partial charge in [-0.25, -0.2) is 0 Å². The van der Waals surface area contributed by atoms with E-state index in [1.807, 2.05) is 6.08 Å². The van der Waals surface area contributed by atoms with Gasteiger partial charge in [-0.05, 0) is 18.9 Å². The lowest BCUT2D eigenvalue weighted by atomic mass is 9.95. The molecule has 12 heavy (non-hydrogen) atoms. The maximum atomic E-state index is 11.1. The molecular formula is C10H16O2. The second-order valence-corrected chi connectivity index (χ2v) is 3.36. The average Bonchev–Trinajstić information content (AvgIpc) is 2.47. The third-order valence-electron chi connectivity index (χ3n) is 2.36. The first-order valence-corrected chi connectivity index (χ1v) is 4.64. The summed E-state index contributed by atoms with van der Waals surface area (Å²) in [4.78, 5) is 11.1. The molecule has 0 heterocycles. The lowest BCUT2D eigenvalue weighted by Gasteiger charge is -2.15. The zero-order chi connectivity index (χ0) is 8.97. The van der Waals surface area contributed by atoms with E-state index in [9.17, 15) is 9.90 Å². The molecule has 0 saturated carbocycles. The van der Waals surface area contributed by atoms with Gasteiger partial charge in [-0.1, -0.05) is 25.8 Å². The summed E-state index contributed by atoms with van der Waals surface area (Å²) in [5.41, 5.74) is 0. The highest BCUT2D eigenvalue weighted by molar-refractivity contribution is 5.94. The molecule has 0 bridgehead atoms. The molecule has 0 radical (unpaired) electrons. The van der Waals surface area contributed by atoms with E-state index in [0.717, 1.165) is 25.7 Å². The van der Waals surface area contributed by atoms with Crippen LogP contribution in [0.4, 0.5) is 0 Å². The molecule has 2 heteroatoms. The minimum atomic E-state index is -0.424. The number of allylic oxidation sites excluding steroid dienone is 2. The molecule has 0 aromatic rings. The van der Waals surface area contributed by atoms with Crippen LogP contribution in [0.1, 0.15) is 32.6 Å². The molecule has 1 rings (SSSR count). The van der Waals surface area contributed by atoms with Crippen LogP contribution in [0.15, 0.2) is 12.2 Å². The molecule has 0 unspecified atom stereocenters. The molecule has 0 saturated heterocycles. The Bertz CT molecular complexity index is 184. The SMILES string of the molecule is CCCC[C@@H](O)[C@H]1CC=CC1=O. The second-order valence-electron chi connectivity index (χ2n) is 3.36. The van der Waals surface area contributed by atoms with Crippen LogP contribution in [0.5, 0.6) is 0 Å². The van der Waals surface area contributed by atoms with E-state index in [4.69, 9.17) is 0 Å².